The first-order valence-corrected chi connectivity index (χ1v) is 6.36. The maximum absolute atomic E-state index is 11.8. The van der Waals surface area contributed by atoms with Crippen LogP contribution >= 0.6 is 0 Å². The van der Waals surface area contributed by atoms with E-state index < -0.39 is 0 Å². The lowest BCUT2D eigenvalue weighted by Crippen LogP contribution is -2.34. The Bertz CT molecular complexity index is 481. The zero-order chi connectivity index (χ0) is 12.8. The molecule has 0 unspecified atom stereocenters. The van der Waals surface area contributed by atoms with Crippen molar-refractivity contribution in [3.05, 3.63) is 35.4 Å². The molecule has 1 aromatic carbocycles. The van der Waals surface area contributed by atoms with Gasteiger partial charge in [-0.25, -0.2) is 0 Å². The Labute approximate surface area is 108 Å². The molecule has 0 spiro atoms. The number of amides is 1. The van der Waals surface area contributed by atoms with Crippen LogP contribution < -0.4 is 11.1 Å². The number of rotatable bonds is 3. The van der Waals surface area contributed by atoms with Crippen LogP contribution in [0.15, 0.2) is 24.3 Å². The van der Waals surface area contributed by atoms with Crippen molar-refractivity contribution in [3.8, 4) is 11.8 Å². The summed E-state index contributed by atoms with van der Waals surface area (Å²) in [5.74, 6) is 6.27. The molecule has 18 heavy (non-hydrogen) atoms. The van der Waals surface area contributed by atoms with Crippen molar-refractivity contribution in [1.82, 2.24) is 5.32 Å². The van der Waals surface area contributed by atoms with Gasteiger partial charge in [0.1, 0.15) is 0 Å². The van der Waals surface area contributed by atoms with Crippen LogP contribution in [0.3, 0.4) is 0 Å². The SMILES string of the molecule is NCC#Cc1ccccc1CNC(=O)C1CCC1. The van der Waals surface area contributed by atoms with Gasteiger partial charge in [0.05, 0.1) is 6.54 Å². The van der Waals surface area contributed by atoms with Crippen molar-refractivity contribution in [1.29, 1.82) is 0 Å². The summed E-state index contributed by atoms with van der Waals surface area (Å²) < 4.78 is 0. The minimum atomic E-state index is 0.169. The highest BCUT2D eigenvalue weighted by molar-refractivity contribution is 5.79. The number of nitrogens with one attached hydrogen (secondary N) is 1. The zero-order valence-electron chi connectivity index (χ0n) is 10.4. The van der Waals surface area contributed by atoms with Crippen LogP contribution in [0.1, 0.15) is 30.4 Å². The van der Waals surface area contributed by atoms with E-state index in [0.717, 1.165) is 24.0 Å². The van der Waals surface area contributed by atoms with E-state index >= 15 is 0 Å². The van der Waals surface area contributed by atoms with Crippen LogP contribution in [0.25, 0.3) is 0 Å². The molecule has 3 N–H and O–H groups in total. The molecule has 0 aromatic heterocycles. The number of carbonyl (C=O) groups is 1. The molecule has 1 aliphatic carbocycles. The summed E-state index contributed by atoms with van der Waals surface area (Å²) in [6.45, 7) is 0.896. The van der Waals surface area contributed by atoms with Gasteiger partial charge in [0.2, 0.25) is 5.91 Å². The van der Waals surface area contributed by atoms with Gasteiger partial charge in [0.15, 0.2) is 0 Å². The average molecular weight is 242 g/mol. The van der Waals surface area contributed by atoms with Gasteiger partial charge >= 0.3 is 0 Å². The van der Waals surface area contributed by atoms with E-state index in [4.69, 9.17) is 5.73 Å². The highest BCUT2D eigenvalue weighted by Gasteiger charge is 2.24. The van der Waals surface area contributed by atoms with E-state index in [1.165, 1.54) is 6.42 Å². The number of benzene rings is 1. The van der Waals surface area contributed by atoms with Crippen LogP contribution in [0.2, 0.25) is 0 Å². The van der Waals surface area contributed by atoms with Gasteiger partial charge in [0, 0.05) is 18.0 Å². The molecular weight excluding hydrogens is 224 g/mol. The molecule has 0 bridgehead atoms. The Morgan fingerprint density at radius 2 is 2.17 bits per heavy atom. The van der Waals surface area contributed by atoms with Crippen molar-refractivity contribution in [2.75, 3.05) is 6.54 Å². The summed E-state index contributed by atoms with van der Waals surface area (Å²) in [5.41, 5.74) is 7.36. The van der Waals surface area contributed by atoms with Crippen molar-refractivity contribution >= 4 is 5.91 Å². The second kappa shape index (κ2) is 6.23. The van der Waals surface area contributed by atoms with Crippen molar-refractivity contribution < 1.29 is 4.79 Å². The fraction of sp³-hybridized carbons (Fsp3) is 0.400. The molecule has 3 heteroatoms. The molecule has 0 aliphatic heterocycles. The molecule has 0 atom stereocenters. The fourth-order valence-electron chi connectivity index (χ4n) is 1.94. The molecular formula is C15H18N2O. The van der Waals surface area contributed by atoms with E-state index in [0.29, 0.717) is 13.1 Å². The highest BCUT2D eigenvalue weighted by Crippen LogP contribution is 2.26. The van der Waals surface area contributed by atoms with Crippen molar-refractivity contribution in [2.24, 2.45) is 11.7 Å². The largest absolute Gasteiger partial charge is 0.352 e. The maximum Gasteiger partial charge on any atom is 0.223 e. The topological polar surface area (TPSA) is 55.1 Å². The Morgan fingerprint density at radius 3 is 2.83 bits per heavy atom. The zero-order valence-corrected chi connectivity index (χ0v) is 10.4. The van der Waals surface area contributed by atoms with Crippen LogP contribution in [0.4, 0.5) is 0 Å². The third kappa shape index (κ3) is 3.12. The molecule has 0 saturated heterocycles. The Morgan fingerprint density at radius 1 is 1.39 bits per heavy atom. The molecule has 1 amide bonds. The Balaban J connectivity index is 1.97. The predicted molar refractivity (Wildman–Crippen MR) is 71.6 cm³/mol. The summed E-state index contributed by atoms with van der Waals surface area (Å²) in [5, 5.41) is 2.98. The molecule has 1 fully saturated rings. The standard InChI is InChI=1S/C15H18N2O/c16-10-4-9-12-5-1-2-6-14(12)11-17-15(18)13-7-3-8-13/h1-2,5-6,13H,3,7-8,10-11,16H2,(H,17,18). The van der Waals surface area contributed by atoms with E-state index in [9.17, 15) is 4.79 Å². The van der Waals surface area contributed by atoms with Gasteiger partial charge in [-0.2, -0.15) is 0 Å². The van der Waals surface area contributed by atoms with Gasteiger partial charge in [-0.3, -0.25) is 4.79 Å². The molecule has 2 rings (SSSR count). The number of carbonyl (C=O) groups excluding carboxylic acids is 1. The Hall–Kier alpha value is -1.79. The van der Waals surface area contributed by atoms with E-state index in [2.05, 4.69) is 17.2 Å². The predicted octanol–water partition coefficient (Wildman–Crippen LogP) is 1.41. The minimum Gasteiger partial charge on any atom is -0.352 e. The summed E-state index contributed by atoms with van der Waals surface area (Å²) in [4.78, 5) is 11.8. The normalized spacial score (nSPS) is 14.3. The van der Waals surface area contributed by atoms with Gasteiger partial charge in [-0.05, 0) is 24.5 Å². The highest BCUT2D eigenvalue weighted by atomic mass is 16.1. The second-order valence-corrected chi connectivity index (χ2v) is 4.51. The lowest BCUT2D eigenvalue weighted by atomic mass is 9.85. The molecule has 94 valence electrons. The first-order chi connectivity index (χ1) is 8.81. The Kier molecular flexibility index (Phi) is 4.38. The molecule has 0 heterocycles. The second-order valence-electron chi connectivity index (χ2n) is 4.51. The van der Waals surface area contributed by atoms with Crippen molar-refractivity contribution in [3.63, 3.8) is 0 Å². The average Bonchev–Trinajstić information content (AvgIpc) is 2.32. The molecule has 1 aromatic rings. The van der Waals surface area contributed by atoms with Crippen LogP contribution in [-0.2, 0) is 11.3 Å². The third-order valence-corrected chi connectivity index (χ3v) is 3.27. The molecule has 1 saturated carbocycles. The molecule has 0 radical (unpaired) electrons. The minimum absolute atomic E-state index is 0.169. The maximum atomic E-state index is 11.8. The monoisotopic (exact) mass is 242 g/mol. The summed E-state index contributed by atoms with van der Waals surface area (Å²) in [6.07, 6.45) is 3.23. The van der Waals surface area contributed by atoms with E-state index in [1.807, 2.05) is 24.3 Å². The van der Waals surface area contributed by atoms with E-state index in [1.54, 1.807) is 0 Å². The lowest BCUT2D eigenvalue weighted by Gasteiger charge is -2.24. The van der Waals surface area contributed by atoms with E-state index in [-0.39, 0.29) is 11.8 Å². The lowest BCUT2D eigenvalue weighted by molar-refractivity contribution is -0.127. The quantitative estimate of drug-likeness (QED) is 0.787. The van der Waals surface area contributed by atoms with Gasteiger partial charge in [0.25, 0.3) is 0 Å². The molecule has 1 aliphatic rings. The van der Waals surface area contributed by atoms with Gasteiger partial charge in [-0.15, -0.1) is 0 Å². The van der Waals surface area contributed by atoms with Gasteiger partial charge in [-0.1, -0.05) is 36.5 Å². The molecule has 3 nitrogen and oxygen atoms in total. The van der Waals surface area contributed by atoms with Crippen LogP contribution in [-0.4, -0.2) is 12.5 Å². The number of nitrogens with two attached hydrogens (primary N) is 1. The number of hydrogen-bond acceptors (Lipinski definition) is 2. The smallest absolute Gasteiger partial charge is 0.223 e. The third-order valence-electron chi connectivity index (χ3n) is 3.27. The van der Waals surface area contributed by atoms with Gasteiger partial charge < -0.3 is 11.1 Å². The van der Waals surface area contributed by atoms with Crippen molar-refractivity contribution in [2.45, 2.75) is 25.8 Å². The van der Waals surface area contributed by atoms with Crippen LogP contribution in [0, 0.1) is 17.8 Å². The summed E-state index contributed by atoms with van der Waals surface area (Å²) >= 11 is 0. The first kappa shape index (κ1) is 12.7. The summed E-state index contributed by atoms with van der Waals surface area (Å²) in [6, 6.07) is 7.84. The first-order valence-electron chi connectivity index (χ1n) is 6.36. The number of hydrogen-bond donors (Lipinski definition) is 2. The van der Waals surface area contributed by atoms with Crippen LogP contribution in [0.5, 0.6) is 0 Å². The summed E-state index contributed by atoms with van der Waals surface area (Å²) in [7, 11) is 0. The fourth-order valence-corrected chi connectivity index (χ4v) is 1.94.